The van der Waals surface area contributed by atoms with Crippen LogP contribution in [-0.2, 0) is 0 Å². The van der Waals surface area contributed by atoms with Crippen LogP contribution in [0.25, 0.3) is 15.3 Å². The zero-order valence-corrected chi connectivity index (χ0v) is 12.3. The second kappa shape index (κ2) is 5.67. The molecule has 2 heterocycles. The van der Waals surface area contributed by atoms with E-state index in [1.165, 1.54) is 11.3 Å². The summed E-state index contributed by atoms with van der Waals surface area (Å²) in [4.78, 5) is 16.6. The average molecular weight is 301 g/mol. The van der Waals surface area contributed by atoms with Gasteiger partial charge in [-0.15, -0.1) is 0 Å². The topological polar surface area (TPSA) is 67.2 Å². The van der Waals surface area contributed by atoms with Gasteiger partial charge in [0.15, 0.2) is 5.13 Å². The van der Waals surface area contributed by atoms with E-state index in [0.29, 0.717) is 5.56 Å². The quantitative estimate of drug-likeness (QED) is 0.776. The minimum atomic E-state index is -0.259. The highest BCUT2D eigenvalue weighted by molar-refractivity contribution is 7.20. The number of hydrogen-bond donors (Lipinski definition) is 2. The molecule has 1 atom stereocenters. The standard InChI is InChI=1S/C15H15N3O2S/c1-10(9-19)16-14(20)11-4-5-12-13(8-11)21-15(17-12)18-6-2-3-7-18/h2-8,10,19H,9H2,1H3,(H,16,20)/t10-/m1/s1. The third-order valence-corrected chi connectivity index (χ3v) is 4.15. The van der Waals surface area contributed by atoms with Crippen molar-refractivity contribution in [2.24, 2.45) is 0 Å². The van der Waals surface area contributed by atoms with Gasteiger partial charge in [-0.1, -0.05) is 11.3 Å². The van der Waals surface area contributed by atoms with Crippen LogP contribution in [0.2, 0.25) is 0 Å². The lowest BCUT2D eigenvalue weighted by Gasteiger charge is -2.10. The lowest BCUT2D eigenvalue weighted by atomic mass is 10.2. The molecule has 0 unspecified atom stereocenters. The molecule has 5 nitrogen and oxygen atoms in total. The molecule has 2 aromatic heterocycles. The van der Waals surface area contributed by atoms with E-state index >= 15 is 0 Å². The number of benzene rings is 1. The zero-order valence-electron chi connectivity index (χ0n) is 11.5. The van der Waals surface area contributed by atoms with E-state index in [-0.39, 0.29) is 18.6 Å². The molecule has 3 rings (SSSR count). The van der Waals surface area contributed by atoms with Crippen molar-refractivity contribution in [2.75, 3.05) is 6.61 Å². The second-order valence-corrected chi connectivity index (χ2v) is 5.84. The normalized spacial score (nSPS) is 12.5. The molecule has 108 valence electrons. The van der Waals surface area contributed by atoms with Crippen molar-refractivity contribution in [1.82, 2.24) is 14.9 Å². The Morgan fingerprint density at radius 2 is 2.19 bits per heavy atom. The molecular weight excluding hydrogens is 286 g/mol. The zero-order chi connectivity index (χ0) is 14.8. The van der Waals surface area contributed by atoms with E-state index in [9.17, 15) is 4.79 Å². The average Bonchev–Trinajstić information content (AvgIpc) is 3.14. The molecule has 1 aromatic carbocycles. The number of hydrogen-bond acceptors (Lipinski definition) is 4. The van der Waals surface area contributed by atoms with Crippen molar-refractivity contribution >= 4 is 27.5 Å². The maximum Gasteiger partial charge on any atom is 0.251 e. The summed E-state index contributed by atoms with van der Waals surface area (Å²) in [6.07, 6.45) is 3.88. The van der Waals surface area contributed by atoms with Gasteiger partial charge in [0.1, 0.15) is 0 Å². The van der Waals surface area contributed by atoms with Crippen LogP contribution in [0.15, 0.2) is 42.7 Å². The van der Waals surface area contributed by atoms with E-state index in [0.717, 1.165) is 15.3 Å². The molecule has 0 fully saturated rings. The molecule has 21 heavy (non-hydrogen) atoms. The van der Waals surface area contributed by atoms with Crippen LogP contribution in [0.1, 0.15) is 17.3 Å². The first-order chi connectivity index (χ1) is 10.2. The largest absolute Gasteiger partial charge is 0.394 e. The fourth-order valence-corrected chi connectivity index (χ4v) is 2.95. The Kier molecular flexibility index (Phi) is 3.72. The predicted molar refractivity (Wildman–Crippen MR) is 83.0 cm³/mol. The number of aliphatic hydroxyl groups is 1. The third kappa shape index (κ3) is 2.81. The summed E-state index contributed by atoms with van der Waals surface area (Å²) in [6.45, 7) is 1.68. The van der Waals surface area contributed by atoms with Gasteiger partial charge in [-0.25, -0.2) is 4.98 Å². The van der Waals surface area contributed by atoms with Crippen molar-refractivity contribution in [3.63, 3.8) is 0 Å². The molecule has 1 amide bonds. The van der Waals surface area contributed by atoms with Gasteiger partial charge in [0.05, 0.1) is 16.8 Å². The Hall–Kier alpha value is -2.18. The number of carbonyl (C=O) groups is 1. The number of amides is 1. The number of thiazole rings is 1. The molecule has 0 spiro atoms. The summed E-state index contributed by atoms with van der Waals surface area (Å²) in [7, 11) is 0. The molecule has 0 aliphatic rings. The number of aliphatic hydroxyl groups excluding tert-OH is 1. The molecule has 0 saturated heterocycles. The molecule has 3 aromatic rings. The maximum atomic E-state index is 12.0. The van der Waals surface area contributed by atoms with E-state index < -0.39 is 0 Å². The first-order valence-corrected chi connectivity index (χ1v) is 7.44. The van der Waals surface area contributed by atoms with Crippen molar-refractivity contribution in [3.05, 3.63) is 48.3 Å². The van der Waals surface area contributed by atoms with Crippen LogP contribution in [0.3, 0.4) is 0 Å². The number of rotatable bonds is 4. The van der Waals surface area contributed by atoms with Crippen LogP contribution in [0.4, 0.5) is 0 Å². The van der Waals surface area contributed by atoms with Gasteiger partial charge in [0.2, 0.25) is 0 Å². The molecule has 2 N–H and O–H groups in total. The lowest BCUT2D eigenvalue weighted by Crippen LogP contribution is -2.34. The lowest BCUT2D eigenvalue weighted by molar-refractivity contribution is 0.0922. The van der Waals surface area contributed by atoms with Crippen molar-refractivity contribution in [2.45, 2.75) is 13.0 Å². The molecule has 0 aliphatic carbocycles. The second-order valence-electron chi connectivity index (χ2n) is 4.83. The first kappa shape index (κ1) is 13.8. The van der Waals surface area contributed by atoms with Gasteiger partial charge < -0.3 is 15.0 Å². The van der Waals surface area contributed by atoms with E-state index in [1.807, 2.05) is 41.2 Å². The third-order valence-electron chi connectivity index (χ3n) is 3.12. The van der Waals surface area contributed by atoms with Crippen molar-refractivity contribution < 1.29 is 9.90 Å². The van der Waals surface area contributed by atoms with Crippen LogP contribution in [0.5, 0.6) is 0 Å². The minimum Gasteiger partial charge on any atom is -0.394 e. The van der Waals surface area contributed by atoms with Crippen LogP contribution >= 0.6 is 11.3 Å². The summed E-state index contributed by atoms with van der Waals surface area (Å²) in [6, 6.07) is 9.06. The summed E-state index contributed by atoms with van der Waals surface area (Å²) < 4.78 is 2.90. The van der Waals surface area contributed by atoms with E-state index in [4.69, 9.17) is 5.11 Å². The predicted octanol–water partition coefficient (Wildman–Crippen LogP) is 2.20. The van der Waals surface area contributed by atoms with Gasteiger partial charge in [0.25, 0.3) is 5.91 Å². The highest BCUT2D eigenvalue weighted by Gasteiger charge is 2.12. The molecule has 0 saturated carbocycles. The summed E-state index contributed by atoms with van der Waals surface area (Å²) in [5.41, 5.74) is 1.45. The molecule has 0 aliphatic heterocycles. The smallest absolute Gasteiger partial charge is 0.251 e. The Labute approximate surface area is 125 Å². The van der Waals surface area contributed by atoms with Gasteiger partial charge >= 0.3 is 0 Å². The van der Waals surface area contributed by atoms with Gasteiger partial charge in [-0.05, 0) is 37.3 Å². The SMILES string of the molecule is C[C@H](CO)NC(=O)c1ccc2nc(-n3cccc3)sc2c1. The molecular formula is C15H15N3O2S. The van der Waals surface area contributed by atoms with Gasteiger partial charge in [-0.3, -0.25) is 4.79 Å². The van der Waals surface area contributed by atoms with Crippen LogP contribution in [-0.4, -0.2) is 33.2 Å². The monoisotopic (exact) mass is 301 g/mol. The molecule has 6 heteroatoms. The Bertz CT molecular complexity index is 764. The maximum absolute atomic E-state index is 12.0. The van der Waals surface area contributed by atoms with Crippen LogP contribution < -0.4 is 5.32 Å². The van der Waals surface area contributed by atoms with Crippen molar-refractivity contribution in [3.8, 4) is 5.13 Å². The molecule has 0 bridgehead atoms. The van der Waals surface area contributed by atoms with E-state index in [1.54, 1.807) is 13.0 Å². The van der Waals surface area contributed by atoms with E-state index in [2.05, 4.69) is 10.3 Å². The number of fused-ring (bicyclic) bond motifs is 1. The fourth-order valence-electron chi connectivity index (χ4n) is 1.98. The fraction of sp³-hybridized carbons (Fsp3) is 0.200. The highest BCUT2D eigenvalue weighted by atomic mass is 32.1. The number of nitrogens with one attached hydrogen (secondary N) is 1. The molecule has 0 radical (unpaired) electrons. The first-order valence-electron chi connectivity index (χ1n) is 6.63. The van der Waals surface area contributed by atoms with Gasteiger partial charge in [0, 0.05) is 24.0 Å². The van der Waals surface area contributed by atoms with Gasteiger partial charge in [-0.2, -0.15) is 0 Å². The minimum absolute atomic E-state index is 0.0771. The number of aromatic nitrogens is 2. The number of carbonyl (C=O) groups excluding carboxylic acids is 1. The summed E-state index contributed by atoms with van der Waals surface area (Å²) in [5, 5.41) is 12.6. The summed E-state index contributed by atoms with van der Waals surface area (Å²) >= 11 is 1.53. The number of nitrogens with zero attached hydrogens (tertiary/aromatic N) is 2. The Balaban J connectivity index is 1.91. The Morgan fingerprint density at radius 1 is 1.43 bits per heavy atom. The Morgan fingerprint density at radius 3 is 2.90 bits per heavy atom. The summed E-state index contributed by atoms with van der Waals surface area (Å²) in [5.74, 6) is -0.186. The van der Waals surface area contributed by atoms with Crippen LogP contribution in [0, 0.1) is 0 Å². The van der Waals surface area contributed by atoms with Crippen molar-refractivity contribution in [1.29, 1.82) is 0 Å². The highest BCUT2D eigenvalue weighted by Crippen LogP contribution is 2.26.